The molecule has 0 amide bonds. The summed E-state index contributed by atoms with van der Waals surface area (Å²) in [5.41, 5.74) is 1.00. The molecule has 1 aromatic heterocycles. The lowest BCUT2D eigenvalue weighted by molar-refractivity contribution is -0.140. The monoisotopic (exact) mass is 196 g/mol. The molecule has 70 valence electrons. The molecule has 1 heterocycles. The van der Waals surface area contributed by atoms with Gasteiger partial charge in [0.1, 0.15) is 0 Å². The van der Waals surface area contributed by atoms with E-state index in [-0.39, 0.29) is 5.97 Å². The van der Waals surface area contributed by atoms with Gasteiger partial charge in [-0.25, -0.2) is 0 Å². The Labute approximate surface area is 81.8 Å². The Bertz CT molecular complexity index is 288. The molecule has 0 saturated heterocycles. The number of hydrogen-bond donors (Lipinski definition) is 0. The fourth-order valence-corrected chi connectivity index (χ4v) is 1.69. The van der Waals surface area contributed by atoms with E-state index in [1.54, 1.807) is 11.3 Å². The van der Waals surface area contributed by atoms with Gasteiger partial charge in [-0.1, -0.05) is 12.6 Å². The molecule has 0 bridgehead atoms. The first-order valence-corrected chi connectivity index (χ1v) is 4.90. The summed E-state index contributed by atoms with van der Waals surface area (Å²) in [7, 11) is 1.40. The van der Waals surface area contributed by atoms with Gasteiger partial charge in [0.25, 0.3) is 0 Å². The van der Waals surface area contributed by atoms with E-state index < -0.39 is 0 Å². The SMILES string of the molecule is C=C(CCC(=O)OC)c1cccs1. The van der Waals surface area contributed by atoms with E-state index in [0.29, 0.717) is 12.8 Å². The molecule has 0 N–H and O–H groups in total. The number of carbonyl (C=O) groups is 1. The van der Waals surface area contributed by atoms with Crippen LogP contribution in [0, 0.1) is 0 Å². The Kier molecular flexibility index (Phi) is 3.71. The average Bonchev–Trinajstić information content (AvgIpc) is 2.66. The Morgan fingerprint density at radius 3 is 2.92 bits per heavy atom. The van der Waals surface area contributed by atoms with Crippen LogP contribution in [0.25, 0.3) is 5.57 Å². The molecule has 0 radical (unpaired) electrons. The minimum atomic E-state index is -0.183. The van der Waals surface area contributed by atoms with E-state index >= 15 is 0 Å². The first kappa shape index (κ1) is 9.99. The van der Waals surface area contributed by atoms with E-state index in [1.807, 2.05) is 17.5 Å². The molecular weight excluding hydrogens is 184 g/mol. The molecule has 0 fully saturated rings. The standard InChI is InChI=1S/C10H12O2S/c1-8(5-6-10(11)12-2)9-4-3-7-13-9/h3-4,7H,1,5-6H2,2H3. The van der Waals surface area contributed by atoms with E-state index in [2.05, 4.69) is 11.3 Å². The van der Waals surface area contributed by atoms with Crippen LogP contribution in [0.15, 0.2) is 24.1 Å². The molecule has 0 unspecified atom stereocenters. The van der Waals surface area contributed by atoms with Crippen LogP contribution < -0.4 is 0 Å². The van der Waals surface area contributed by atoms with Crippen molar-refractivity contribution >= 4 is 22.9 Å². The summed E-state index contributed by atoms with van der Waals surface area (Å²) < 4.78 is 4.54. The third kappa shape index (κ3) is 3.03. The lowest BCUT2D eigenvalue weighted by Crippen LogP contribution is -1.99. The number of thiophene rings is 1. The van der Waals surface area contributed by atoms with Crippen molar-refractivity contribution in [3.63, 3.8) is 0 Å². The Morgan fingerprint density at radius 1 is 1.62 bits per heavy atom. The van der Waals surface area contributed by atoms with Crippen LogP contribution in [0.1, 0.15) is 17.7 Å². The number of allylic oxidation sites excluding steroid dienone is 1. The molecule has 3 heteroatoms. The zero-order chi connectivity index (χ0) is 9.68. The van der Waals surface area contributed by atoms with Gasteiger partial charge >= 0.3 is 5.97 Å². The summed E-state index contributed by atoms with van der Waals surface area (Å²) in [6, 6.07) is 3.98. The molecule has 2 nitrogen and oxygen atoms in total. The number of rotatable bonds is 4. The maximum atomic E-state index is 10.8. The highest BCUT2D eigenvalue weighted by atomic mass is 32.1. The van der Waals surface area contributed by atoms with Gasteiger partial charge in [-0.15, -0.1) is 11.3 Å². The molecule has 0 atom stereocenters. The van der Waals surface area contributed by atoms with Gasteiger partial charge in [0.2, 0.25) is 0 Å². The molecule has 1 rings (SSSR count). The number of hydrogen-bond acceptors (Lipinski definition) is 3. The van der Waals surface area contributed by atoms with E-state index in [9.17, 15) is 4.79 Å². The van der Waals surface area contributed by atoms with Crippen LogP contribution >= 0.6 is 11.3 Å². The predicted octanol–water partition coefficient (Wildman–Crippen LogP) is 2.71. The van der Waals surface area contributed by atoms with Gasteiger partial charge in [-0.2, -0.15) is 0 Å². The highest BCUT2D eigenvalue weighted by Gasteiger charge is 2.04. The average molecular weight is 196 g/mol. The van der Waals surface area contributed by atoms with Gasteiger partial charge in [-0.05, 0) is 23.4 Å². The second kappa shape index (κ2) is 4.82. The molecule has 0 aliphatic carbocycles. The van der Waals surface area contributed by atoms with Crippen LogP contribution in [-0.4, -0.2) is 13.1 Å². The third-order valence-corrected chi connectivity index (χ3v) is 2.70. The molecule has 13 heavy (non-hydrogen) atoms. The molecular formula is C10H12O2S. The summed E-state index contributed by atoms with van der Waals surface area (Å²) in [4.78, 5) is 12.0. The van der Waals surface area contributed by atoms with Crippen molar-refractivity contribution in [2.45, 2.75) is 12.8 Å². The van der Waals surface area contributed by atoms with Crippen molar-refractivity contribution in [3.8, 4) is 0 Å². The van der Waals surface area contributed by atoms with Crippen LogP contribution in [0.4, 0.5) is 0 Å². The zero-order valence-electron chi connectivity index (χ0n) is 7.58. The van der Waals surface area contributed by atoms with E-state index in [1.165, 1.54) is 7.11 Å². The first-order valence-electron chi connectivity index (χ1n) is 4.02. The van der Waals surface area contributed by atoms with Crippen molar-refractivity contribution in [2.75, 3.05) is 7.11 Å². The second-order valence-electron chi connectivity index (χ2n) is 2.66. The van der Waals surface area contributed by atoms with Gasteiger partial charge in [0.05, 0.1) is 7.11 Å². The smallest absolute Gasteiger partial charge is 0.305 e. The summed E-state index contributed by atoms with van der Waals surface area (Å²) in [5.74, 6) is -0.183. The van der Waals surface area contributed by atoms with Crippen LogP contribution in [0.2, 0.25) is 0 Å². The minimum absolute atomic E-state index is 0.183. The van der Waals surface area contributed by atoms with E-state index in [4.69, 9.17) is 0 Å². The van der Waals surface area contributed by atoms with Crippen LogP contribution in [0.5, 0.6) is 0 Å². The molecule has 0 aliphatic rings. The van der Waals surface area contributed by atoms with Crippen LogP contribution in [-0.2, 0) is 9.53 Å². The minimum Gasteiger partial charge on any atom is -0.469 e. The van der Waals surface area contributed by atoms with Crippen molar-refractivity contribution in [3.05, 3.63) is 29.0 Å². The van der Waals surface area contributed by atoms with Crippen molar-refractivity contribution in [2.24, 2.45) is 0 Å². The summed E-state index contributed by atoms with van der Waals surface area (Å²) >= 11 is 1.64. The van der Waals surface area contributed by atoms with Crippen LogP contribution in [0.3, 0.4) is 0 Å². The molecule has 0 spiro atoms. The highest BCUT2D eigenvalue weighted by molar-refractivity contribution is 7.11. The maximum absolute atomic E-state index is 10.8. The second-order valence-corrected chi connectivity index (χ2v) is 3.60. The fraction of sp³-hybridized carbons (Fsp3) is 0.300. The quantitative estimate of drug-likeness (QED) is 0.692. The number of ether oxygens (including phenoxy) is 1. The first-order chi connectivity index (χ1) is 6.24. The molecule has 0 saturated carbocycles. The Balaban J connectivity index is 2.39. The molecule has 1 aromatic rings. The molecule has 0 aliphatic heterocycles. The maximum Gasteiger partial charge on any atom is 0.305 e. The largest absolute Gasteiger partial charge is 0.469 e. The zero-order valence-corrected chi connectivity index (χ0v) is 8.39. The highest BCUT2D eigenvalue weighted by Crippen LogP contribution is 2.22. The van der Waals surface area contributed by atoms with Gasteiger partial charge in [0, 0.05) is 11.3 Å². The number of methoxy groups -OCH3 is 1. The number of esters is 1. The van der Waals surface area contributed by atoms with Gasteiger partial charge in [0.15, 0.2) is 0 Å². The summed E-state index contributed by atoms with van der Waals surface area (Å²) in [6.07, 6.45) is 1.08. The van der Waals surface area contributed by atoms with Gasteiger partial charge < -0.3 is 4.74 Å². The van der Waals surface area contributed by atoms with Gasteiger partial charge in [-0.3, -0.25) is 4.79 Å². The Morgan fingerprint density at radius 2 is 2.38 bits per heavy atom. The Hall–Kier alpha value is -1.09. The van der Waals surface area contributed by atoms with Crippen molar-refractivity contribution < 1.29 is 9.53 Å². The molecule has 0 aromatic carbocycles. The lowest BCUT2D eigenvalue weighted by atomic mass is 10.1. The summed E-state index contributed by atoms with van der Waals surface area (Å²) in [5, 5.41) is 2.00. The lowest BCUT2D eigenvalue weighted by Gasteiger charge is -2.01. The van der Waals surface area contributed by atoms with E-state index in [0.717, 1.165) is 10.5 Å². The fourth-order valence-electron chi connectivity index (χ4n) is 0.958. The van der Waals surface area contributed by atoms with Crippen molar-refractivity contribution in [1.82, 2.24) is 0 Å². The normalized spacial score (nSPS) is 9.62. The number of carbonyl (C=O) groups excluding carboxylic acids is 1. The predicted molar refractivity (Wildman–Crippen MR) is 54.6 cm³/mol. The third-order valence-electron chi connectivity index (χ3n) is 1.73. The van der Waals surface area contributed by atoms with Crippen molar-refractivity contribution in [1.29, 1.82) is 0 Å². The summed E-state index contributed by atoms with van der Waals surface area (Å²) in [6.45, 7) is 3.91. The topological polar surface area (TPSA) is 26.3 Å².